The van der Waals surface area contributed by atoms with Gasteiger partial charge in [0.15, 0.2) is 5.13 Å². The third-order valence-electron chi connectivity index (χ3n) is 11.8. The molecule has 4 aliphatic carbocycles. The number of carbonyl (C=O) groups excluding carboxylic acids is 2. The summed E-state index contributed by atoms with van der Waals surface area (Å²) in [7, 11) is -3.86. The van der Waals surface area contributed by atoms with E-state index in [0.29, 0.717) is 41.6 Å². The Hall–Kier alpha value is -4.62. The molecule has 52 heavy (non-hydrogen) atoms. The molecular formula is C39H41N7O4S2. The topological polar surface area (TPSA) is 139 Å². The minimum Gasteiger partial charge on any atom is -0.352 e. The van der Waals surface area contributed by atoms with Gasteiger partial charge in [-0.3, -0.25) is 19.6 Å². The maximum atomic E-state index is 13.6. The molecule has 0 saturated heterocycles. The van der Waals surface area contributed by atoms with Crippen molar-refractivity contribution in [2.75, 3.05) is 23.0 Å². The SMILES string of the molecule is Cc1c(-c2ccc(N3CCc4cccc(C(=O)Nc5nc6ccccc6s5)c4C3)nc2C(=O)NS(C)(=O)=O)cnn1CC12CC3CC(CC(C3)C1)C2. The standard InChI is InChI=1S/C39H41N7O4S2/c1-23-30(20-40-46(23)22-39-17-24-14-25(18-39)16-26(15-24)19-39)28-10-11-34(42-35(28)37(48)44-52(2,49)50)45-13-12-27-6-5-7-29(31(27)21-45)36(47)43-38-41-32-8-3-4-9-33(32)51-38/h3-11,20,24-26H,12-19,21-22H2,1-2H3,(H,44,48)(H,41,43,47). The number of anilines is 2. The third-order valence-corrected chi connectivity index (χ3v) is 13.3. The molecule has 4 saturated carbocycles. The highest BCUT2D eigenvalue weighted by molar-refractivity contribution is 7.89. The van der Waals surface area contributed by atoms with E-state index >= 15 is 0 Å². The van der Waals surface area contributed by atoms with E-state index in [1.54, 1.807) is 6.20 Å². The van der Waals surface area contributed by atoms with Gasteiger partial charge in [-0.1, -0.05) is 35.6 Å². The van der Waals surface area contributed by atoms with Crippen molar-refractivity contribution in [3.63, 3.8) is 0 Å². The average Bonchev–Trinajstić information content (AvgIpc) is 3.67. The van der Waals surface area contributed by atoms with Crippen LogP contribution in [0.5, 0.6) is 0 Å². The maximum absolute atomic E-state index is 13.6. The van der Waals surface area contributed by atoms with Crippen LogP contribution in [-0.2, 0) is 29.5 Å². The Bertz CT molecular complexity index is 2300. The molecule has 10 rings (SSSR count). The van der Waals surface area contributed by atoms with Crippen molar-refractivity contribution in [3.05, 3.63) is 88.9 Å². The van der Waals surface area contributed by atoms with Crippen LogP contribution in [0, 0.1) is 30.1 Å². The molecule has 1 aliphatic heterocycles. The van der Waals surface area contributed by atoms with Crippen LogP contribution in [-0.4, -0.2) is 52.8 Å². The number of sulfonamides is 1. The molecule has 0 radical (unpaired) electrons. The number of pyridine rings is 1. The number of amides is 2. The number of hydrogen-bond donors (Lipinski definition) is 2. The van der Waals surface area contributed by atoms with E-state index in [9.17, 15) is 18.0 Å². The molecule has 3 aromatic heterocycles. The zero-order valence-corrected chi connectivity index (χ0v) is 30.9. The molecule has 4 heterocycles. The molecule has 5 aliphatic rings. The monoisotopic (exact) mass is 735 g/mol. The zero-order chi connectivity index (χ0) is 35.8. The van der Waals surface area contributed by atoms with Gasteiger partial charge in [-0.25, -0.2) is 23.1 Å². The summed E-state index contributed by atoms with van der Waals surface area (Å²) in [6.07, 6.45) is 11.3. The predicted molar refractivity (Wildman–Crippen MR) is 202 cm³/mol. The molecule has 0 atom stereocenters. The van der Waals surface area contributed by atoms with Crippen LogP contribution in [0.3, 0.4) is 0 Å². The van der Waals surface area contributed by atoms with Crippen molar-refractivity contribution in [2.24, 2.45) is 23.2 Å². The third kappa shape index (κ3) is 6.17. The maximum Gasteiger partial charge on any atom is 0.284 e. The summed E-state index contributed by atoms with van der Waals surface area (Å²) >= 11 is 1.43. The Balaban J connectivity index is 1.01. The molecular weight excluding hydrogens is 695 g/mol. The van der Waals surface area contributed by atoms with Crippen molar-refractivity contribution >= 4 is 54.3 Å². The lowest BCUT2D eigenvalue weighted by Crippen LogP contribution is -2.48. The summed E-state index contributed by atoms with van der Waals surface area (Å²) in [6, 6.07) is 17.2. The van der Waals surface area contributed by atoms with Crippen molar-refractivity contribution in [1.29, 1.82) is 0 Å². The van der Waals surface area contributed by atoms with Crippen molar-refractivity contribution < 1.29 is 18.0 Å². The van der Waals surface area contributed by atoms with Gasteiger partial charge < -0.3 is 4.90 Å². The number of hydrogen-bond acceptors (Lipinski definition) is 9. The molecule has 13 heteroatoms. The molecule has 4 bridgehead atoms. The van der Waals surface area contributed by atoms with Crippen LogP contribution >= 0.6 is 11.3 Å². The van der Waals surface area contributed by atoms with E-state index in [-0.39, 0.29) is 17.0 Å². The van der Waals surface area contributed by atoms with E-state index in [1.807, 2.05) is 66.4 Å². The molecule has 2 N–H and O–H groups in total. The number of nitrogens with one attached hydrogen (secondary N) is 2. The lowest BCUT2D eigenvalue weighted by molar-refractivity contribution is -0.0638. The highest BCUT2D eigenvalue weighted by Gasteiger charge is 2.51. The van der Waals surface area contributed by atoms with Gasteiger partial charge in [-0.05, 0) is 116 Å². The second kappa shape index (κ2) is 12.5. The largest absolute Gasteiger partial charge is 0.352 e. The number of aromatic nitrogens is 4. The Morgan fingerprint density at radius 3 is 2.40 bits per heavy atom. The Morgan fingerprint density at radius 2 is 1.67 bits per heavy atom. The quantitative estimate of drug-likeness (QED) is 0.182. The second-order valence-electron chi connectivity index (χ2n) is 15.5. The van der Waals surface area contributed by atoms with E-state index in [2.05, 4.69) is 19.7 Å². The number of nitrogens with zero attached hydrogens (tertiary/aromatic N) is 5. The van der Waals surface area contributed by atoms with Crippen LogP contribution in [0.15, 0.2) is 60.8 Å². The van der Waals surface area contributed by atoms with Crippen molar-refractivity contribution in [3.8, 4) is 11.1 Å². The minimum absolute atomic E-state index is 0.0213. The normalized spacial score (nSPS) is 23.5. The fraction of sp³-hybridized carbons (Fsp3) is 0.410. The second-order valence-corrected chi connectivity index (χ2v) is 18.3. The molecule has 2 aromatic carbocycles. The molecule has 5 aromatic rings. The number of thiazole rings is 1. The van der Waals surface area contributed by atoms with Gasteiger partial charge in [-0.15, -0.1) is 0 Å². The summed E-state index contributed by atoms with van der Waals surface area (Å²) in [5, 5.41) is 8.36. The number of rotatable bonds is 8. The van der Waals surface area contributed by atoms with Gasteiger partial charge >= 0.3 is 0 Å². The van der Waals surface area contributed by atoms with Gasteiger partial charge in [0.1, 0.15) is 11.5 Å². The molecule has 0 spiro atoms. The van der Waals surface area contributed by atoms with Crippen LogP contribution in [0.25, 0.3) is 21.3 Å². The first-order chi connectivity index (χ1) is 25.0. The number of para-hydroxylation sites is 1. The first-order valence-electron chi connectivity index (χ1n) is 18.1. The first-order valence-corrected chi connectivity index (χ1v) is 20.8. The van der Waals surface area contributed by atoms with E-state index in [0.717, 1.165) is 63.2 Å². The Morgan fingerprint density at radius 1 is 0.923 bits per heavy atom. The van der Waals surface area contributed by atoms with Gasteiger partial charge in [-0.2, -0.15) is 5.10 Å². The Labute approximate surface area is 306 Å². The lowest BCUT2D eigenvalue weighted by Gasteiger charge is -2.56. The number of carbonyl (C=O) groups is 2. The van der Waals surface area contributed by atoms with Crippen LogP contribution < -0.4 is 14.9 Å². The first kappa shape index (κ1) is 33.2. The summed E-state index contributed by atoms with van der Waals surface area (Å²) in [4.78, 5) is 38.7. The fourth-order valence-electron chi connectivity index (χ4n) is 9.98. The van der Waals surface area contributed by atoms with Gasteiger partial charge in [0.2, 0.25) is 10.0 Å². The van der Waals surface area contributed by atoms with Gasteiger partial charge in [0, 0.05) is 42.0 Å². The highest BCUT2D eigenvalue weighted by atomic mass is 32.2. The lowest BCUT2D eigenvalue weighted by atomic mass is 9.49. The molecule has 2 amide bonds. The van der Waals surface area contributed by atoms with Crippen LogP contribution in [0.4, 0.5) is 10.9 Å². The Kier molecular flexibility index (Phi) is 7.99. The van der Waals surface area contributed by atoms with Crippen LogP contribution in [0.2, 0.25) is 0 Å². The fourth-order valence-corrected chi connectivity index (χ4v) is 11.3. The number of benzene rings is 2. The van der Waals surface area contributed by atoms with Gasteiger partial charge in [0.05, 0.1) is 22.7 Å². The smallest absolute Gasteiger partial charge is 0.284 e. The minimum atomic E-state index is -3.86. The van der Waals surface area contributed by atoms with E-state index in [1.165, 1.54) is 49.9 Å². The predicted octanol–water partition coefficient (Wildman–Crippen LogP) is 6.58. The molecule has 11 nitrogen and oxygen atoms in total. The molecule has 4 fully saturated rings. The number of fused-ring (bicyclic) bond motifs is 2. The van der Waals surface area contributed by atoms with E-state index in [4.69, 9.17) is 10.1 Å². The zero-order valence-electron chi connectivity index (χ0n) is 29.3. The van der Waals surface area contributed by atoms with Crippen molar-refractivity contribution in [2.45, 2.75) is 65.0 Å². The van der Waals surface area contributed by atoms with Gasteiger partial charge in [0.25, 0.3) is 11.8 Å². The summed E-state index contributed by atoms with van der Waals surface area (Å²) in [6.45, 7) is 3.88. The summed E-state index contributed by atoms with van der Waals surface area (Å²) < 4.78 is 29.8. The van der Waals surface area contributed by atoms with Crippen molar-refractivity contribution in [1.82, 2.24) is 24.5 Å². The average molecular weight is 736 g/mol. The summed E-state index contributed by atoms with van der Waals surface area (Å²) in [5.41, 5.74) is 5.87. The molecule has 268 valence electrons. The molecule has 0 unspecified atom stereocenters. The van der Waals surface area contributed by atoms with E-state index < -0.39 is 15.9 Å². The van der Waals surface area contributed by atoms with Crippen LogP contribution in [0.1, 0.15) is 76.2 Å². The summed E-state index contributed by atoms with van der Waals surface area (Å²) in [5.74, 6) is 1.98. The highest BCUT2D eigenvalue weighted by Crippen LogP contribution is 2.60.